The van der Waals surface area contributed by atoms with Gasteiger partial charge in [-0.25, -0.2) is 0 Å². The lowest BCUT2D eigenvalue weighted by molar-refractivity contribution is -0.142. The molecule has 0 radical (unpaired) electrons. The standard InChI is InChI=1S/C20H16O4/c1-2-22-18(21)12-17-19(16-8-5-11-23-16)15-10-9-13-6-3-4-7-14(13)20(15)24-17/h3-11H,2,12H2,1H3. The Labute approximate surface area is 138 Å². The lowest BCUT2D eigenvalue weighted by atomic mass is 10.0. The number of carbonyl (C=O) groups is 1. The Kier molecular flexibility index (Phi) is 3.58. The van der Waals surface area contributed by atoms with Crippen LogP contribution in [0.3, 0.4) is 0 Å². The average molecular weight is 320 g/mol. The van der Waals surface area contributed by atoms with Crippen LogP contribution in [0.5, 0.6) is 0 Å². The molecule has 0 spiro atoms. The zero-order chi connectivity index (χ0) is 16.5. The Balaban J connectivity index is 1.97. The summed E-state index contributed by atoms with van der Waals surface area (Å²) in [4.78, 5) is 12.0. The molecule has 0 fully saturated rings. The molecule has 0 aliphatic rings. The minimum Gasteiger partial charge on any atom is -0.466 e. The van der Waals surface area contributed by atoms with Crippen LogP contribution in [0.25, 0.3) is 33.1 Å². The monoisotopic (exact) mass is 320 g/mol. The molecule has 0 aliphatic heterocycles. The Bertz CT molecular complexity index is 1010. The predicted octanol–water partition coefficient (Wildman–Crippen LogP) is 4.95. The number of hydrogen-bond acceptors (Lipinski definition) is 4. The highest BCUT2D eigenvalue weighted by Crippen LogP contribution is 2.38. The summed E-state index contributed by atoms with van der Waals surface area (Å²) < 4.78 is 16.7. The van der Waals surface area contributed by atoms with Crippen LogP contribution in [0.15, 0.2) is 63.6 Å². The quantitative estimate of drug-likeness (QED) is 0.499. The highest BCUT2D eigenvalue weighted by Gasteiger charge is 2.22. The van der Waals surface area contributed by atoms with Crippen molar-refractivity contribution in [3.8, 4) is 11.3 Å². The summed E-state index contributed by atoms with van der Waals surface area (Å²) >= 11 is 0. The molecule has 4 aromatic rings. The molecule has 4 nitrogen and oxygen atoms in total. The van der Waals surface area contributed by atoms with Crippen molar-refractivity contribution >= 4 is 27.7 Å². The van der Waals surface area contributed by atoms with Gasteiger partial charge in [-0.05, 0) is 30.5 Å². The molecule has 0 bridgehead atoms. The van der Waals surface area contributed by atoms with Crippen LogP contribution in [0, 0.1) is 0 Å². The molecule has 2 aromatic carbocycles. The van der Waals surface area contributed by atoms with Crippen molar-refractivity contribution in [1.82, 2.24) is 0 Å². The molecular weight excluding hydrogens is 304 g/mol. The van der Waals surface area contributed by atoms with E-state index in [9.17, 15) is 4.79 Å². The van der Waals surface area contributed by atoms with Crippen molar-refractivity contribution in [2.24, 2.45) is 0 Å². The highest BCUT2D eigenvalue weighted by atomic mass is 16.5. The van der Waals surface area contributed by atoms with E-state index in [1.807, 2.05) is 48.5 Å². The van der Waals surface area contributed by atoms with Crippen LogP contribution in [0.4, 0.5) is 0 Å². The van der Waals surface area contributed by atoms with E-state index < -0.39 is 0 Å². The molecule has 0 amide bonds. The maximum Gasteiger partial charge on any atom is 0.313 e. The van der Waals surface area contributed by atoms with Crippen molar-refractivity contribution in [3.63, 3.8) is 0 Å². The second kappa shape index (κ2) is 5.89. The van der Waals surface area contributed by atoms with E-state index in [-0.39, 0.29) is 12.4 Å². The first kappa shape index (κ1) is 14.6. The van der Waals surface area contributed by atoms with E-state index in [0.717, 1.165) is 27.3 Å². The fourth-order valence-corrected chi connectivity index (χ4v) is 3.03. The third kappa shape index (κ3) is 2.36. The number of hydrogen-bond donors (Lipinski definition) is 0. The van der Waals surface area contributed by atoms with Crippen LogP contribution in [0.1, 0.15) is 12.7 Å². The van der Waals surface area contributed by atoms with Crippen LogP contribution in [-0.4, -0.2) is 12.6 Å². The second-order valence-corrected chi connectivity index (χ2v) is 5.52. The Hall–Kier alpha value is -3.01. The minimum atomic E-state index is -0.311. The largest absolute Gasteiger partial charge is 0.466 e. The fraction of sp³-hybridized carbons (Fsp3) is 0.150. The SMILES string of the molecule is CCOC(=O)Cc1oc2c(ccc3ccccc32)c1-c1ccco1. The van der Waals surface area contributed by atoms with Crippen molar-refractivity contribution in [2.45, 2.75) is 13.3 Å². The van der Waals surface area contributed by atoms with Gasteiger partial charge in [0.05, 0.1) is 18.4 Å². The molecule has 0 aliphatic carbocycles. The normalized spacial score (nSPS) is 11.2. The third-order valence-corrected chi connectivity index (χ3v) is 4.03. The summed E-state index contributed by atoms with van der Waals surface area (Å²) in [5, 5.41) is 3.04. The molecule has 0 atom stereocenters. The molecule has 0 unspecified atom stereocenters. The summed E-state index contributed by atoms with van der Waals surface area (Å²) in [5.41, 5.74) is 1.58. The first-order valence-electron chi connectivity index (χ1n) is 7.90. The van der Waals surface area contributed by atoms with Crippen molar-refractivity contribution in [1.29, 1.82) is 0 Å². The number of furan rings is 2. The lowest BCUT2D eigenvalue weighted by Gasteiger charge is -2.01. The number of fused-ring (bicyclic) bond motifs is 3. The van der Waals surface area contributed by atoms with Gasteiger partial charge in [0.2, 0.25) is 0 Å². The van der Waals surface area contributed by atoms with Gasteiger partial charge in [-0.2, -0.15) is 0 Å². The van der Waals surface area contributed by atoms with Gasteiger partial charge in [-0.3, -0.25) is 4.79 Å². The van der Waals surface area contributed by atoms with Gasteiger partial charge in [0, 0.05) is 10.8 Å². The molecule has 0 saturated heterocycles. The minimum absolute atomic E-state index is 0.0763. The van der Waals surface area contributed by atoms with E-state index in [2.05, 4.69) is 0 Å². The molecule has 120 valence electrons. The zero-order valence-corrected chi connectivity index (χ0v) is 13.2. The zero-order valence-electron chi connectivity index (χ0n) is 13.2. The predicted molar refractivity (Wildman–Crippen MR) is 91.8 cm³/mol. The molecule has 24 heavy (non-hydrogen) atoms. The second-order valence-electron chi connectivity index (χ2n) is 5.52. The molecule has 4 rings (SSSR count). The van der Waals surface area contributed by atoms with Gasteiger partial charge in [0.1, 0.15) is 23.5 Å². The first-order chi connectivity index (χ1) is 11.8. The van der Waals surface area contributed by atoms with Crippen molar-refractivity contribution in [3.05, 3.63) is 60.6 Å². The molecule has 0 N–H and O–H groups in total. The third-order valence-electron chi connectivity index (χ3n) is 4.03. The first-order valence-corrected chi connectivity index (χ1v) is 7.90. The average Bonchev–Trinajstić information content (AvgIpc) is 3.21. The smallest absolute Gasteiger partial charge is 0.313 e. The molecular formula is C20H16O4. The topological polar surface area (TPSA) is 52.6 Å². The summed E-state index contributed by atoms with van der Waals surface area (Å²) in [5.74, 6) is 0.937. The van der Waals surface area contributed by atoms with Gasteiger partial charge in [-0.1, -0.05) is 30.3 Å². The summed E-state index contributed by atoms with van der Waals surface area (Å²) in [6.45, 7) is 2.13. The fourth-order valence-electron chi connectivity index (χ4n) is 3.03. The molecule has 0 saturated carbocycles. The van der Waals surface area contributed by atoms with E-state index in [0.29, 0.717) is 18.1 Å². The van der Waals surface area contributed by atoms with Gasteiger partial charge in [0.15, 0.2) is 0 Å². The number of benzene rings is 2. The van der Waals surface area contributed by atoms with Crippen LogP contribution < -0.4 is 0 Å². The maximum atomic E-state index is 12.0. The van der Waals surface area contributed by atoms with Gasteiger partial charge in [0.25, 0.3) is 0 Å². The van der Waals surface area contributed by atoms with E-state index in [1.54, 1.807) is 13.2 Å². The number of rotatable bonds is 4. The van der Waals surface area contributed by atoms with Crippen LogP contribution in [-0.2, 0) is 16.0 Å². The number of carbonyl (C=O) groups excluding carboxylic acids is 1. The molecule has 4 heteroatoms. The van der Waals surface area contributed by atoms with E-state index in [4.69, 9.17) is 13.6 Å². The highest BCUT2D eigenvalue weighted by molar-refractivity contribution is 6.09. The van der Waals surface area contributed by atoms with E-state index in [1.165, 1.54) is 0 Å². The van der Waals surface area contributed by atoms with Crippen LogP contribution >= 0.6 is 0 Å². The maximum absolute atomic E-state index is 12.0. The summed E-state index contributed by atoms with van der Waals surface area (Å²) in [7, 11) is 0. The lowest BCUT2D eigenvalue weighted by Crippen LogP contribution is -2.07. The Morgan fingerprint density at radius 1 is 1.04 bits per heavy atom. The summed E-state index contributed by atoms with van der Waals surface area (Å²) in [6, 6.07) is 15.8. The van der Waals surface area contributed by atoms with Crippen LogP contribution in [0.2, 0.25) is 0 Å². The molecule has 2 heterocycles. The summed E-state index contributed by atoms with van der Waals surface area (Å²) in [6.07, 6.45) is 1.69. The molecule has 2 aromatic heterocycles. The van der Waals surface area contributed by atoms with Crippen molar-refractivity contribution in [2.75, 3.05) is 6.61 Å². The van der Waals surface area contributed by atoms with Gasteiger partial charge >= 0.3 is 5.97 Å². The number of ether oxygens (including phenoxy) is 1. The van der Waals surface area contributed by atoms with E-state index >= 15 is 0 Å². The van der Waals surface area contributed by atoms with Crippen molar-refractivity contribution < 1.29 is 18.4 Å². The van der Waals surface area contributed by atoms with Gasteiger partial charge < -0.3 is 13.6 Å². The number of esters is 1. The Morgan fingerprint density at radius 2 is 1.92 bits per heavy atom. The van der Waals surface area contributed by atoms with Gasteiger partial charge in [-0.15, -0.1) is 0 Å². The Morgan fingerprint density at radius 3 is 2.71 bits per heavy atom.